The Morgan fingerprint density at radius 3 is 2.78 bits per heavy atom. The van der Waals surface area contributed by atoms with Gasteiger partial charge < -0.3 is 15.5 Å². The van der Waals surface area contributed by atoms with Crippen LogP contribution in [0.25, 0.3) is 0 Å². The summed E-state index contributed by atoms with van der Waals surface area (Å²) >= 11 is 0. The van der Waals surface area contributed by atoms with Gasteiger partial charge in [0.1, 0.15) is 11.5 Å². The van der Waals surface area contributed by atoms with Gasteiger partial charge in [-0.25, -0.2) is 0 Å². The molecule has 0 aliphatic carbocycles. The Balaban J connectivity index is 1.92. The molecule has 0 aliphatic heterocycles. The number of phenolic OH excluding ortho intramolecular Hbond substituents is 2. The zero-order valence-electron chi connectivity index (χ0n) is 10.3. The number of rotatable bonds is 5. The first-order valence-electron chi connectivity index (χ1n) is 5.93. The zero-order chi connectivity index (χ0) is 13.0. The lowest BCUT2D eigenvalue weighted by Gasteiger charge is -2.08. The van der Waals surface area contributed by atoms with Crippen molar-refractivity contribution in [2.45, 2.75) is 26.6 Å². The third-order valence-electron chi connectivity index (χ3n) is 2.79. The van der Waals surface area contributed by atoms with E-state index < -0.39 is 0 Å². The molecule has 0 spiro atoms. The Labute approximate surface area is 106 Å². The molecule has 0 saturated heterocycles. The summed E-state index contributed by atoms with van der Waals surface area (Å²) in [6.07, 6.45) is 1.78. The molecular formula is C13H17N3O2. The average Bonchev–Trinajstić information content (AvgIpc) is 2.79. The zero-order valence-corrected chi connectivity index (χ0v) is 10.3. The molecule has 0 aliphatic rings. The van der Waals surface area contributed by atoms with Crippen LogP contribution in [0.2, 0.25) is 0 Å². The predicted molar refractivity (Wildman–Crippen MR) is 68.2 cm³/mol. The molecule has 0 fully saturated rings. The topological polar surface area (TPSA) is 70.3 Å². The van der Waals surface area contributed by atoms with Crippen molar-refractivity contribution in [2.24, 2.45) is 0 Å². The third-order valence-corrected chi connectivity index (χ3v) is 2.79. The van der Waals surface area contributed by atoms with Crippen molar-refractivity contribution in [3.63, 3.8) is 0 Å². The molecule has 0 saturated carbocycles. The smallest absolute Gasteiger partial charge is 0.123 e. The predicted octanol–water partition coefficient (Wildman–Crippen LogP) is 1.60. The van der Waals surface area contributed by atoms with E-state index in [4.69, 9.17) is 0 Å². The highest BCUT2D eigenvalue weighted by Gasteiger charge is 2.03. The highest BCUT2D eigenvalue weighted by atomic mass is 16.3. The van der Waals surface area contributed by atoms with Gasteiger partial charge in [0.15, 0.2) is 0 Å². The van der Waals surface area contributed by atoms with Crippen molar-refractivity contribution in [1.29, 1.82) is 0 Å². The van der Waals surface area contributed by atoms with E-state index in [-0.39, 0.29) is 11.5 Å². The van der Waals surface area contributed by atoms with E-state index in [2.05, 4.69) is 10.4 Å². The van der Waals surface area contributed by atoms with E-state index >= 15 is 0 Å². The number of nitrogens with one attached hydrogen (secondary N) is 1. The van der Waals surface area contributed by atoms with E-state index in [1.165, 1.54) is 6.07 Å². The molecule has 1 heterocycles. The minimum absolute atomic E-state index is 0.0697. The first-order valence-corrected chi connectivity index (χ1v) is 5.93. The minimum Gasteiger partial charge on any atom is -0.508 e. The number of aromatic nitrogens is 2. The number of hydrogen-bond donors (Lipinski definition) is 3. The summed E-state index contributed by atoms with van der Waals surface area (Å²) in [4.78, 5) is 0. The van der Waals surface area contributed by atoms with Gasteiger partial charge in [-0.2, -0.15) is 5.10 Å². The van der Waals surface area contributed by atoms with Crippen LogP contribution in [0.3, 0.4) is 0 Å². The summed E-state index contributed by atoms with van der Waals surface area (Å²) in [5.41, 5.74) is 1.87. The van der Waals surface area contributed by atoms with E-state index in [9.17, 15) is 10.2 Å². The molecule has 0 atom stereocenters. The highest BCUT2D eigenvalue weighted by molar-refractivity contribution is 5.38. The van der Waals surface area contributed by atoms with E-state index in [1.807, 2.05) is 17.7 Å². The average molecular weight is 247 g/mol. The maximum atomic E-state index is 9.63. The molecule has 0 bridgehead atoms. The first-order chi connectivity index (χ1) is 8.70. The number of hydrogen-bond acceptors (Lipinski definition) is 4. The Morgan fingerprint density at radius 1 is 1.22 bits per heavy atom. The standard InChI is InChI=1S/C13H17N3O2/c1-2-16-11(5-6-15-16)9-14-8-10-3-4-12(17)7-13(10)18/h3-7,14,17-18H,2,8-9H2,1H3. The van der Waals surface area contributed by atoms with Gasteiger partial charge in [-0.3, -0.25) is 4.68 Å². The Hall–Kier alpha value is -2.01. The van der Waals surface area contributed by atoms with Gasteiger partial charge in [0.2, 0.25) is 0 Å². The van der Waals surface area contributed by atoms with Gasteiger partial charge in [0.25, 0.3) is 0 Å². The molecule has 0 amide bonds. The second-order valence-electron chi connectivity index (χ2n) is 4.05. The van der Waals surface area contributed by atoms with Crippen molar-refractivity contribution < 1.29 is 10.2 Å². The van der Waals surface area contributed by atoms with Gasteiger partial charge in [0.05, 0.1) is 5.69 Å². The SMILES string of the molecule is CCn1nccc1CNCc1ccc(O)cc1O. The molecule has 1 aromatic carbocycles. The maximum Gasteiger partial charge on any atom is 0.123 e. The summed E-state index contributed by atoms with van der Waals surface area (Å²) < 4.78 is 1.92. The van der Waals surface area contributed by atoms with E-state index in [1.54, 1.807) is 18.3 Å². The molecule has 2 aromatic rings. The van der Waals surface area contributed by atoms with Crippen LogP contribution in [-0.2, 0) is 19.6 Å². The number of nitrogens with zero attached hydrogens (tertiary/aromatic N) is 2. The fraction of sp³-hybridized carbons (Fsp3) is 0.308. The van der Waals surface area contributed by atoms with E-state index in [0.717, 1.165) is 17.8 Å². The lowest BCUT2D eigenvalue weighted by Crippen LogP contribution is -2.16. The van der Waals surface area contributed by atoms with Crippen molar-refractivity contribution in [3.8, 4) is 11.5 Å². The minimum atomic E-state index is 0.0697. The monoisotopic (exact) mass is 247 g/mol. The van der Waals surface area contributed by atoms with Gasteiger partial charge in [0, 0.05) is 37.5 Å². The highest BCUT2D eigenvalue weighted by Crippen LogP contribution is 2.22. The van der Waals surface area contributed by atoms with Crippen molar-refractivity contribution >= 4 is 0 Å². The largest absolute Gasteiger partial charge is 0.508 e. The molecule has 0 unspecified atom stereocenters. The van der Waals surface area contributed by atoms with Crippen LogP contribution in [0.15, 0.2) is 30.5 Å². The molecule has 5 heteroatoms. The Kier molecular flexibility index (Phi) is 3.84. The second kappa shape index (κ2) is 5.55. The van der Waals surface area contributed by atoms with Crippen LogP contribution < -0.4 is 5.32 Å². The quantitative estimate of drug-likeness (QED) is 0.750. The van der Waals surface area contributed by atoms with Crippen molar-refractivity contribution in [1.82, 2.24) is 15.1 Å². The molecule has 0 radical (unpaired) electrons. The van der Waals surface area contributed by atoms with Crippen molar-refractivity contribution in [3.05, 3.63) is 41.7 Å². The fourth-order valence-corrected chi connectivity index (χ4v) is 1.82. The van der Waals surface area contributed by atoms with Gasteiger partial charge in [-0.05, 0) is 19.1 Å². The lowest BCUT2D eigenvalue weighted by molar-refractivity contribution is 0.443. The fourth-order valence-electron chi connectivity index (χ4n) is 1.82. The van der Waals surface area contributed by atoms with Crippen molar-refractivity contribution in [2.75, 3.05) is 0 Å². The van der Waals surface area contributed by atoms with Crippen LogP contribution in [0.4, 0.5) is 0 Å². The summed E-state index contributed by atoms with van der Waals surface area (Å²) in [7, 11) is 0. The summed E-state index contributed by atoms with van der Waals surface area (Å²) in [5.74, 6) is 0.173. The summed E-state index contributed by atoms with van der Waals surface area (Å²) in [6, 6.07) is 6.57. The van der Waals surface area contributed by atoms with Gasteiger partial charge >= 0.3 is 0 Å². The van der Waals surface area contributed by atoms with Crippen LogP contribution in [-0.4, -0.2) is 20.0 Å². The molecule has 2 rings (SSSR count). The molecule has 1 aromatic heterocycles. The number of benzene rings is 1. The summed E-state index contributed by atoms with van der Waals surface area (Å²) in [6.45, 7) is 4.12. The van der Waals surface area contributed by atoms with Gasteiger partial charge in [-0.1, -0.05) is 6.07 Å². The number of aromatic hydroxyl groups is 2. The van der Waals surface area contributed by atoms with Crippen LogP contribution in [0, 0.1) is 0 Å². The van der Waals surface area contributed by atoms with Crippen LogP contribution in [0.1, 0.15) is 18.2 Å². The molecule has 5 nitrogen and oxygen atoms in total. The van der Waals surface area contributed by atoms with Gasteiger partial charge in [-0.15, -0.1) is 0 Å². The van der Waals surface area contributed by atoms with Crippen LogP contribution in [0.5, 0.6) is 11.5 Å². The molecule has 18 heavy (non-hydrogen) atoms. The molecular weight excluding hydrogens is 230 g/mol. The van der Waals surface area contributed by atoms with E-state index in [0.29, 0.717) is 13.1 Å². The lowest BCUT2D eigenvalue weighted by atomic mass is 10.2. The molecule has 3 N–H and O–H groups in total. The summed E-state index contributed by atoms with van der Waals surface area (Å²) in [5, 5.41) is 26.2. The second-order valence-corrected chi connectivity index (χ2v) is 4.05. The third kappa shape index (κ3) is 2.81. The Bertz CT molecular complexity index is 523. The Morgan fingerprint density at radius 2 is 2.06 bits per heavy atom. The van der Waals surface area contributed by atoms with Crippen LogP contribution >= 0.6 is 0 Å². The molecule has 96 valence electrons. The normalized spacial score (nSPS) is 10.7. The number of aryl methyl sites for hydroxylation is 1. The maximum absolute atomic E-state index is 9.63. The first kappa shape index (κ1) is 12.4. The number of phenols is 2.